The molecule has 1 unspecified atom stereocenters. The summed E-state index contributed by atoms with van der Waals surface area (Å²) in [5.74, 6) is 0.981. The topological polar surface area (TPSA) is 58.2 Å². The Kier molecular flexibility index (Phi) is 4.14. The zero-order valence-corrected chi connectivity index (χ0v) is 14.2. The first-order chi connectivity index (χ1) is 12.3. The quantitative estimate of drug-likeness (QED) is 0.795. The van der Waals surface area contributed by atoms with Crippen molar-refractivity contribution in [3.63, 3.8) is 0 Å². The van der Waals surface area contributed by atoms with E-state index in [1.165, 1.54) is 0 Å². The van der Waals surface area contributed by atoms with Crippen molar-refractivity contribution in [1.82, 2.24) is 14.9 Å². The van der Waals surface area contributed by atoms with E-state index in [0.29, 0.717) is 5.56 Å². The van der Waals surface area contributed by atoms with Gasteiger partial charge in [0.15, 0.2) is 0 Å². The van der Waals surface area contributed by atoms with Crippen molar-refractivity contribution in [1.29, 1.82) is 0 Å². The van der Waals surface area contributed by atoms with Crippen LogP contribution in [0.25, 0.3) is 11.0 Å². The Labute approximate surface area is 146 Å². The molecule has 1 atom stereocenters. The Morgan fingerprint density at radius 1 is 1.32 bits per heavy atom. The number of aromatic amines is 1. The number of hydrogen-bond donors (Lipinski definition) is 1. The SMILES string of the molecule is COc1ccccc1CC1CCCN1C(=O)c1ccc2nc[nH]c2c1. The monoisotopic (exact) mass is 335 g/mol. The molecule has 1 N–H and O–H groups in total. The summed E-state index contributed by atoms with van der Waals surface area (Å²) in [6.45, 7) is 0.805. The van der Waals surface area contributed by atoms with Crippen molar-refractivity contribution < 1.29 is 9.53 Å². The van der Waals surface area contributed by atoms with Gasteiger partial charge < -0.3 is 14.6 Å². The van der Waals surface area contributed by atoms with Crippen molar-refractivity contribution in [3.8, 4) is 5.75 Å². The number of imidazole rings is 1. The molecular weight excluding hydrogens is 314 g/mol. The van der Waals surface area contributed by atoms with Crippen LogP contribution in [0.5, 0.6) is 5.75 Å². The van der Waals surface area contributed by atoms with Gasteiger partial charge in [0.2, 0.25) is 0 Å². The number of amides is 1. The zero-order valence-electron chi connectivity index (χ0n) is 14.2. The van der Waals surface area contributed by atoms with E-state index >= 15 is 0 Å². The fourth-order valence-electron chi connectivity index (χ4n) is 3.68. The Morgan fingerprint density at radius 2 is 2.20 bits per heavy atom. The first kappa shape index (κ1) is 15.7. The first-order valence-corrected chi connectivity index (χ1v) is 8.62. The highest BCUT2D eigenvalue weighted by Crippen LogP contribution is 2.27. The maximum absolute atomic E-state index is 13.0. The van der Waals surface area contributed by atoms with Gasteiger partial charge in [0.05, 0.1) is 24.5 Å². The zero-order chi connectivity index (χ0) is 17.2. The molecule has 0 aliphatic carbocycles. The maximum Gasteiger partial charge on any atom is 0.254 e. The van der Waals surface area contributed by atoms with E-state index in [1.807, 2.05) is 41.3 Å². The lowest BCUT2D eigenvalue weighted by atomic mass is 10.0. The average molecular weight is 335 g/mol. The number of para-hydroxylation sites is 1. The number of nitrogens with zero attached hydrogens (tertiary/aromatic N) is 2. The van der Waals surface area contributed by atoms with Crippen LogP contribution in [0.15, 0.2) is 48.8 Å². The number of carbonyl (C=O) groups excluding carboxylic acids is 1. The molecule has 0 radical (unpaired) electrons. The van der Waals surface area contributed by atoms with Gasteiger partial charge in [-0.2, -0.15) is 0 Å². The Balaban J connectivity index is 1.57. The van der Waals surface area contributed by atoms with Gasteiger partial charge in [-0.15, -0.1) is 0 Å². The van der Waals surface area contributed by atoms with E-state index in [4.69, 9.17) is 4.74 Å². The number of benzene rings is 2. The van der Waals surface area contributed by atoms with Gasteiger partial charge in [-0.05, 0) is 49.1 Å². The number of H-pyrrole nitrogens is 1. The van der Waals surface area contributed by atoms with Gasteiger partial charge in [-0.25, -0.2) is 4.98 Å². The van der Waals surface area contributed by atoms with Crippen LogP contribution < -0.4 is 4.74 Å². The molecule has 1 saturated heterocycles. The van der Waals surface area contributed by atoms with E-state index in [0.717, 1.165) is 48.2 Å². The van der Waals surface area contributed by atoms with Crippen LogP contribution in [-0.4, -0.2) is 40.5 Å². The lowest BCUT2D eigenvalue weighted by molar-refractivity contribution is 0.0736. The number of fused-ring (bicyclic) bond motifs is 1. The number of hydrogen-bond acceptors (Lipinski definition) is 3. The van der Waals surface area contributed by atoms with Gasteiger partial charge >= 0.3 is 0 Å². The smallest absolute Gasteiger partial charge is 0.254 e. The number of aromatic nitrogens is 2. The van der Waals surface area contributed by atoms with E-state index in [9.17, 15) is 4.79 Å². The molecule has 2 heterocycles. The number of nitrogens with one attached hydrogen (secondary N) is 1. The minimum Gasteiger partial charge on any atom is -0.496 e. The molecule has 25 heavy (non-hydrogen) atoms. The van der Waals surface area contributed by atoms with E-state index in [2.05, 4.69) is 16.0 Å². The molecule has 1 aliphatic rings. The van der Waals surface area contributed by atoms with Crippen LogP contribution >= 0.6 is 0 Å². The maximum atomic E-state index is 13.0. The summed E-state index contributed by atoms with van der Waals surface area (Å²) in [4.78, 5) is 22.3. The molecule has 5 heteroatoms. The standard InChI is InChI=1S/C20H21N3O2/c1-25-19-7-3-2-5-14(19)11-16-6-4-10-23(16)20(24)15-8-9-17-18(12-15)22-13-21-17/h2-3,5,7-9,12-13,16H,4,6,10-11H2,1H3,(H,21,22). The molecule has 4 rings (SSSR count). The Morgan fingerprint density at radius 3 is 3.08 bits per heavy atom. The third kappa shape index (κ3) is 2.97. The highest BCUT2D eigenvalue weighted by molar-refractivity contribution is 5.97. The molecule has 3 aromatic rings. The lowest BCUT2D eigenvalue weighted by Gasteiger charge is -2.25. The summed E-state index contributed by atoms with van der Waals surface area (Å²) in [6, 6.07) is 13.9. The minimum atomic E-state index is 0.0916. The summed E-state index contributed by atoms with van der Waals surface area (Å²) < 4.78 is 5.46. The van der Waals surface area contributed by atoms with Crippen LogP contribution in [0.3, 0.4) is 0 Å². The summed E-state index contributed by atoms with van der Waals surface area (Å²) in [5.41, 5.74) is 3.64. The van der Waals surface area contributed by atoms with Gasteiger partial charge in [0, 0.05) is 18.2 Å². The van der Waals surface area contributed by atoms with E-state index in [1.54, 1.807) is 13.4 Å². The van der Waals surface area contributed by atoms with Crippen LogP contribution in [0.4, 0.5) is 0 Å². The molecule has 5 nitrogen and oxygen atoms in total. The second-order valence-corrected chi connectivity index (χ2v) is 6.45. The number of rotatable bonds is 4. The largest absolute Gasteiger partial charge is 0.496 e. The van der Waals surface area contributed by atoms with Crippen LogP contribution in [-0.2, 0) is 6.42 Å². The number of methoxy groups -OCH3 is 1. The second kappa shape index (κ2) is 6.59. The van der Waals surface area contributed by atoms with Crippen molar-refractivity contribution in [2.45, 2.75) is 25.3 Å². The normalized spacial score (nSPS) is 17.2. The predicted octanol–water partition coefficient (Wildman–Crippen LogP) is 3.42. The van der Waals surface area contributed by atoms with Crippen molar-refractivity contribution in [2.75, 3.05) is 13.7 Å². The van der Waals surface area contributed by atoms with Gasteiger partial charge in [0.25, 0.3) is 5.91 Å². The molecule has 128 valence electrons. The molecule has 1 fully saturated rings. The Bertz CT molecular complexity index is 903. The van der Waals surface area contributed by atoms with Crippen LogP contribution in [0.1, 0.15) is 28.8 Å². The molecule has 1 aromatic heterocycles. The molecule has 2 aromatic carbocycles. The third-order valence-electron chi connectivity index (χ3n) is 4.95. The summed E-state index contributed by atoms with van der Waals surface area (Å²) >= 11 is 0. The first-order valence-electron chi connectivity index (χ1n) is 8.62. The molecular formula is C20H21N3O2. The molecule has 0 saturated carbocycles. The van der Waals surface area contributed by atoms with Gasteiger partial charge in [0.1, 0.15) is 5.75 Å². The van der Waals surface area contributed by atoms with E-state index in [-0.39, 0.29) is 11.9 Å². The fraction of sp³-hybridized carbons (Fsp3) is 0.300. The van der Waals surface area contributed by atoms with Crippen molar-refractivity contribution >= 4 is 16.9 Å². The van der Waals surface area contributed by atoms with Gasteiger partial charge in [-0.3, -0.25) is 4.79 Å². The van der Waals surface area contributed by atoms with Crippen molar-refractivity contribution in [2.24, 2.45) is 0 Å². The van der Waals surface area contributed by atoms with E-state index < -0.39 is 0 Å². The number of carbonyl (C=O) groups is 1. The second-order valence-electron chi connectivity index (χ2n) is 6.45. The molecule has 1 amide bonds. The average Bonchev–Trinajstić information content (AvgIpc) is 3.30. The highest BCUT2D eigenvalue weighted by Gasteiger charge is 2.30. The molecule has 0 bridgehead atoms. The number of likely N-dealkylation sites (tertiary alicyclic amines) is 1. The fourth-order valence-corrected chi connectivity index (χ4v) is 3.68. The number of ether oxygens (including phenoxy) is 1. The molecule has 1 aliphatic heterocycles. The minimum absolute atomic E-state index is 0.0916. The summed E-state index contributed by atoms with van der Waals surface area (Å²) in [6.07, 6.45) is 4.54. The van der Waals surface area contributed by atoms with Crippen LogP contribution in [0.2, 0.25) is 0 Å². The van der Waals surface area contributed by atoms with Crippen LogP contribution in [0, 0.1) is 0 Å². The Hall–Kier alpha value is -2.82. The van der Waals surface area contributed by atoms with Crippen molar-refractivity contribution in [3.05, 3.63) is 59.9 Å². The predicted molar refractivity (Wildman–Crippen MR) is 96.9 cm³/mol. The van der Waals surface area contributed by atoms with Gasteiger partial charge in [-0.1, -0.05) is 18.2 Å². The molecule has 0 spiro atoms. The third-order valence-corrected chi connectivity index (χ3v) is 4.95. The summed E-state index contributed by atoms with van der Waals surface area (Å²) in [5, 5.41) is 0. The lowest BCUT2D eigenvalue weighted by Crippen LogP contribution is -2.36. The highest BCUT2D eigenvalue weighted by atomic mass is 16.5. The summed E-state index contributed by atoms with van der Waals surface area (Å²) in [7, 11) is 1.69.